The number of rotatable bonds is 4. The predicted molar refractivity (Wildman–Crippen MR) is 76.9 cm³/mol. The molecule has 0 aliphatic heterocycles. The summed E-state index contributed by atoms with van der Waals surface area (Å²) in [5, 5.41) is 6.96. The number of nitrogens with zero attached hydrogens (tertiary/aromatic N) is 2. The van der Waals surface area contributed by atoms with Crippen molar-refractivity contribution in [2.45, 2.75) is 19.4 Å². The Bertz CT molecular complexity index is 550. The van der Waals surface area contributed by atoms with Crippen molar-refractivity contribution in [3.05, 3.63) is 34.3 Å². The topological polar surface area (TPSA) is 51.0 Å². The minimum absolute atomic E-state index is 0. The number of hydrogen-bond donors (Lipinski definition) is 1. The number of benzene rings is 1. The van der Waals surface area contributed by atoms with Crippen molar-refractivity contribution in [3.63, 3.8) is 0 Å². The van der Waals surface area contributed by atoms with E-state index in [-0.39, 0.29) is 24.3 Å². The molecule has 1 N–H and O–H groups in total. The summed E-state index contributed by atoms with van der Waals surface area (Å²) in [5.74, 6) is 0.589. The lowest BCUT2D eigenvalue weighted by Gasteiger charge is -2.04. The maximum absolute atomic E-state index is 13.4. The molecule has 1 unspecified atom stereocenters. The molecule has 0 radical (unpaired) electrons. The fraction of sp³-hybridized carbons (Fsp3) is 0.333. The third-order valence-corrected chi connectivity index (χ3v) is 3.26. The second kappa shape index (κ2) is 6.98. The number of nitrogens with one attached hydrogen (secondary N) is 1. The van der Waals surface area contributed by atoms with Gasteiger partial charge < -0.3 is 9.84 Å². The number of likely N-dealkylation sites (N-methyl/N-ethyl adjacent to an activating group) is 1. The smallest absolute Gasteiger partial charge is 0.258 e. The quantitative estimate of drug-likeness (QED) is 0.920. The van der Waals surface area contributed by atoms with Crippen molar-refractivity contribution < 1.29 is 8.91 Å². The molecular weight excluding hydrogens is 337 g/mol. The van der Waals surface area contributed by atoms with Crippen molar-refractivity contribution in [1.29, 1.82) is 0 Å². The predicted octanol–water partition coefficient (Wildman–Crippen LogP) is 3.21. The van der Waals surface area contributed by atoms with Crippen LogP contribution in [-0.2, 0) is 6.42 Å². The highest BCUT2D eigenvalue weighted by atomic mass is 79.9. The van der Waals surface area contributed by atoms with Crippen molar-refractivity contribution in [2.24, 2.45) is 0 Å². The van der Waals surface area contributed by atoms with Gasteiger partial charge in [-0.25, -0.2) is 4.39 Å². The Kier molecular flexibility index (Phi) is 5.90. The Morgan fingerprint density at radius 1 is 1.47 bits per heavy atom. The standard InChI is InChI=1S/C12H13BrFN3O.ClH/c1-7(15-2)5-11-16-12(18-17-11)8-3-4-9(13)10(14)6-8;/h3-4,6-7,15H,5H2,1-2H3;1H. The average Bonchev–Trinajstić information content (AvgIpc) is 2.81. The van der Waals surface area contributed by atoms with Crippen molar-refractivity contribution >= 4 is 28.3 Å². The summed E-state index contributed by atoms with van der Waals surface area (Å²) in [6.07, 6.45) is 0.666. The Labute approximate surface area is 125 Å². The molecule has 0 amide bonds. The van der Waals surface area contributed by atoms with E-state index in [9.17, 15) is 4.39 Å². The van der Waals surface area contributed by atoms with E-state index in [1.54, 1.807) is 12.1 Å². The van der Waals surface area contributed by atoms with Gasteiger partial charge in [-0.3, -0.25) is 0 Å². The van der Waals surface area contributed by atoms with E-state index in [0.717, 1.165) is 0 Å². The van der Waals surface area contributed by atoms with Crippen LogP contribution in [0.1, 0.15) is 12.7 Å². The first-order valence-electron chi connectivity index (χ1n) is 5.55. The summed E-state index contributed by atoms with van der Waals surface area (Å²) in [6, 6.07) is 4.97. The van der Waals surface area contributed by atoms with Gasteiger partial charge in [0.05, 0.1) is 4.47 Å². The molecule has 7 heteroatoms. The second-order valence-corrected chi connectivity index (χ2v) is 4.89. The first-order valence-corrected chi connectivity index (χ1v) is 6.34. The van der Waals surface area contributed by atoms with Crippen LogP contribution in [0.3, 0.4) is 0 Å². The highest BCUT2D eigenvalue weighted by Crippen LogP contribution is 2.23. The third-order valence-electron chi connectivity index (χ3n) is 2.62. The van der Waals surface area contributed by atoms with Gasteiger partial charge in [-0.15, -0.1) is 12.4 Å². The molecule has 0 saturated carbocycles. The molecule has 1 aromatic heterocycles. The highest BCUT2D eigenvalue weighted by molar-refractivity contribution is 9.10. The lowest BCUT2D eigenvalue weighted by atomic mass is 10.2. The molecule has 0 spiro atoms. The molecule has 2 aromatic rings. The summed E-state index contributed by atoms with van der Waals surface area (Å²) < 4.78 is 18.9. The van der Waals surface area contributed by atoms with Gasteiger partial charge in [0.2, 0.25) is 0 Å². The molecule has 1 atom stereocenters. The first kappa shape index (κ1) is 16.1. The van der Waals surface area contributed by atoms with Crippen LogP contribution >= 0.6 is 28.3 Å². The average molecular weight is 351 g/mol. The van der Waals surface area contributed by atoms with Crippen molar-refractivity contribution in [2.75, 3.05) is 7.05 Å². The molecule has 1 heterocycles. The maximum atomic E-state index is 13.4. The SMILES string of the molecule is CNC(C)Cc1noc(-c2ccc(Br)c(F)c2)n1.Cl. The lowest BCUT2D eigenvalue weighted by Crippen LogP contribution is -2.24. The van der Waals surface area contributed by atoms with Gasteiger partial charge in [-0.2, -0.15) is 4.98 Å². The van der Waals surface area contributed by atoms with E-state index < -0.39 is 0 Å². The number of halogens is 3. The summed E-state index contributed by atoms with van der Waals surface area (Å²) in [5.41, 5.74) is 0.576. The van der Waals surface area contributed by atoms with E-state index in [4.69, 9.17) is 4.52 Å². The molecule has 104 valence electrons. The zero-order valence-electron chi connectivity index (χ0n) is 10.5. The molecule has 2 rings (SSSR count). The van der Waals surface area contributed by atoms with E-state index in [2.05, 4.69) is 31.4 Å². The maximum Gasteiger partial charge on any atom is 0.258 e. The molecule has 1 aromatic carbocycles. The largest absolute Gasteiger partial charge is 0.334 e. The van der Waals surface area contributed by atoms with Crippen LogP contribution in [0.4, 0.5) is 4.39 Å². The Balaban J connectivity index is 0.00000180. The molecule has 0 fully saturated rings. The normalized spacial score (nSPS) is 12.0. The van der Waals surface area contributed by atoms with Crippen LogP contribution in [0.5, 0.6) is 0 Å². The Morgan fingerprint density at radius 2 is 2.21 bits per heavy atom. The van der Waals surface area contributed by atoms with Gasteiger partial charge >= 0.3 is 0 Å². The van der Waals surface area contributed by atoms with Gasteiger partial charge in [-0.1, -0.05) is 5.16 Å². The minimum atomic E-state index is -0.351. The molecule has 0 aliphatic rings. The lowest BCUT2D eigenvalue weighted by molar-refractivity contribution is 0.418. The Hall–Kier alpha value is -0.980. The first-order chi connectivity index (χ1) is 8.60. The molecule has 0 saturated heterocycles. The van der Waals surface area contributed by atoms with Crippen LogP contribution in [0.25, 0.3) is 11.5 Å². The molecule has 4 nitrogen and oxygen atoms in total. The van der Waals surface area contributed by atoms with E-state index in [1.165, 1.54) is 6.07 Å². The van der Waals surface area contributed by atoms with Gasteiger partial charge in [0.1, 0.15) is 5.82 Å². The Morgan fingerprint density at radius 3 is 2.84 bits per heavy atom. The fourth-order valence-corrected chi connectivity index (χ4v) is 1.71. The van der Waals surface area contributed by atoms with Crippen LogP contribution in [0.15, 0.2) is 27.2 Å². The summed E-state index contributed by atoms with van der Waals surface area (Å²) in [6.45, 7) is 2.02. The summed E-state index contributed by atoms with van der Waals surface area (Å²) >= 11 is 3.10. The van der Waals surface area contributed by atoms with Gasteiger partial charge in [0, 0.05) is 18.0 Å². The monoisotopic (exact) mass is 349 g/mol. The number of aromatic nitrogens is 2. The second-order valence-electron chi connectivity index (χ2n) is 4.04. The van der Waals surface area contributed by atoms with Gasteiger partial charge in [0.15, 0.2) is 5.82 Å². The van der Waals surface area contributed by atoms with Crippen LogP contribution < -0.4 is 5.32 Å². The van der Waals surface area contributed by atoms with Crippen LogP contribution in [0, 0.1) is 5.82 Å². The number of hydrogen-bond acceptors (Lipinski definition) is 4. The van der Waals surface area contributed by atoms with Crippen LogP contribution in [0.2, 0.25) is 0 Å². The van der Waals surface area contributed by atoms with Gasteiger partial charge in [0.25, 0.3) is 5.89 Å². The summed E-state index contributed by atoms with van der Waals surface area (Å²) in [4.78, 5) is 4.24. The van der Waals surface area contributed by atoms with Crippen molar-refractivity contribution in [3.8, 4) is 11.5 Å². The molecule has 0 bridgehead atoms. The zero-order chi connectivity index (χ0) is 13.1. The minimum Gasteiger partial charge on any atom is -0.334 e. The van der Waals surface area contributed by atoms with E-state index in [1.807, 2.05) is 14.0 Å². The third kappa shape index (κ3) is 3.99. The van der Waals surface area contributed by atoms with E-state index >= 15 is 0 Å². The molecule has 19 heavy (non-hydrogen) atoms. The zero-order valence-corrected chi connectivity index (χ0v) is 12.9. The van der Waals surface area contributed by atoms with Crippen molar-refractivity contribution in [1.82, 2.24) is 15.5 Å². The van der Waals surface area contributed by atoms with Crippen LogP contribution in [-0.4, -0.2) is 23.2 Å². The van der Waals surface area contributed by atoms with Gasteiger partial charge in [-0.05, 0) is 48.1 Å². The highest BCUT2D eigenvalue weighted by Gasteiger charge is 2.12. The molecular formula is C12H14BrClFN3O. The molecule has 0 aliphatic carbocycles. The fourth-order valence-electron chi connectivity index (χ4n) is 1.46. The summed E-state index contributed by atoms with van der Waals surface area (Å²) in [7, 11) is 1.87. The van der Waals surface area contributed by atoms with E-state index in [0.29, 0.717) is 28.2 Å².